The molecule has 1 atom stereocenters. The molecule has 3 nitrogen and oxygen atoms in total. The molecular weight excluding hydrogens is 338 g/mol. The average Bonchev–Trinajstić information content (AvgIpc) is 3.15. The number of benzene rings is 2. The lowest BCUT2D eigenvalue weighted by Gasteiger charge is -2.10. The molecule has 0 aromatic heterocycles. The molecule has 0 unspecified atom stereocenters. The minimum atomic E-state index is -0.469. The van der Waals surface area contributed by atoms with E-state index < -0.39 is 6.10 Å². The second-order valence-corrected chi connectivity index (χ2v) is 8.52. The summed E-state index contributed by atoms with van der Waals surface area (Å²) in [6.45, 7) is 2.22. The van der Waals surface area contributed by atoms with Crippen LogP contribution in [0.2, 0.25) is 0 Å². The summed E-state index contributed by atoms with van der Waals surface area (Å²) in [6, 6.07) is 15.6. The van der Waals surface area contributed by atoms with E-state index >= 15 is 0 Å². The number of carbonyl (C=O) groups excluding carboxylic acids is 1. The van der Waals surface area contributed by atoms with Crippen LogP contribution in [-0.2, 0) is 6.54 Å². The number of carbonyl (C=O) groups is 1. The summed E-state index contributed by atoms with van der Waals surface area (Å²) in [4.78, 5) is 12.3. The van der Waals surface area contributed by atoms with E-state index in [9.17, 15) is 9.90 Å². The minimum Gasteiger partial charge on any atom is -0.389 e. The number of nitrogens with one attached hydrogen (secondary N) is 1. The second-order valence-electron chi connectivity index (χ2n) is 5.80. The molecule has 5 heteroatoms. The third kappa shape index (κ3) is 4.35. The molecule has 1 saturated heterocycles. The number of thioether (sulfide) groups is 2. The summed E-state index contributed by atoms with van der Waals surface area (Å²) in [5, 5.41) is 12.5. The van der Waals surface area contributed by atoms with Gasteiger partial charge in [-0.1, -0.05) is 36.4 Å². The van der Waals surface area contributed by atoms with Crippen molar-refractivity contribution in [2.24, 2.45) is 0 Å². The van der Waals surface area contributed by atoms with Crippen molar-refractivity contribution in [1.82, 2.24) is 5.32 Å². The zero-order valence-electron chi connectivity index (χ0n) is 13.6. The molecule has 1 aliphatic rings. The summed E-state index contributed by atoms with van der Waals surface area (Å²) >= 11 is 3.93. The van der Waals surface area contributed by atoms with Gasteiger partial charge in [0.2, 0.25) is 0 Å². The van der Waals surface area contributed by atoms with Crippen molar-refractivity contribution >= 4 is 29.4 Å². The van der Waals surface area contributed by atoms with Gasteiger partial charge in [-0.25, -0.2) is 0 Å². The molecule has 0 bridgehead atoms. The highest BCUT2D eigenvalue weighted by Crippen LogP contribution is 2.45. The first-order valence-electron chi connectivity index (χ1n) is 8.02. The molecule has 0 spiro atoms. The maximum atomic E-state index is 12.3. The van der Waals surface area contributed by atoms with Crippen LogP contribution in [0.1, 0.15) is 44.7 Å². The predicted octanol–water partition coefficient (Wildman–Crippen LogP) is 4.15. The first-order chi connectivity index (χ1) is 11.6. The van der Waals surface area contributed by atoms with E-state index in [1.807, 2.05) is 59.9 Å². The van der Waals surface area contributed by atoms with Crippen molar-refractivity contribution in [3.63, 3.8) is 0 Å². The third-order valence-electron chi connectivity index (χ3n) is 3.98. The van der Waals surface area contributed by atoms with Gasteiger partial charge in [-0.3, -0.25) is 4.79 Å². The Hall–Kier alpha value is -1.43. The van der Waals surface area contributed by atoms with E-state index in [1.165, 1.54) is 17.1 Å². The van der Waals surface area contributed by atoms with Gasteiger partial charge in [0.15, 0.2) is 0 Å². The summed E-state index contributed by atoms with van der Waals surface area (Å²) in [6.07, 6.45) is -0.469. The Bertz CT molecular complexity index is 678. The molecule has 126 valence electrons. The molecule has 24 heavy (non-hydrogen) atoms. The number of rotatable bonds is 5. The molecule has 0 aliphatic carbocycles. The molecule has 2 aromatic rings. The molecule has 2 aromatic carbocycles. The fraction of sp³-hybridized carbons (Fsp3) is 0.316. The van der Waals surface area contributed by atoms with E-state index in [-0.39, 0.29) is 5.91 Å². The molecule has 1 amide bonds. The Morgan fingerprint density at radius 2 is 1.75 bits per heavy atom. The lowest BCUT2D eigenvalue weighted by molar-refractivity contribution is 0.0951. The predicted molar refractivity (Wildman–Crippen MR) is 102 cm³/mol. The molecule has 1 aliphatic heterocycles. The van der Waals surface area contributed by atoms with Gasteiger partial charge in [0, 0.05) is 23.6 Å². The second kappa shape index (κ2) is 8.10. The molecule has 1 heterocycles. The summed E-state index contributed by atoms with van der Waals surface area (Å²) in [5.74, 6) is 2.34. The Kier molecular flexibility index (Phi) is 5.87. The lowest BCUT2D eigenvalue weighted by Crippen LogP contribution is -2.22. The zero-order chi connectivity index (χ0) is 16.9. The fourth-order valence-electron chi connectivity index (χ4n) is 2.54. The van der Waals surface area contributed by atoms with Crippen molar-refractivity contribution in [2.45, 2.75) is 24.2 Å². The van der Waals surface area contributed by atoms with Crippen molar-refractivity contribution in [2.75, 3.05) is 11.5 Å². The number of amides is 1. The molecule has 0 radical (unpaired) electrons. The van der Waals surface area contributed by atoms with Gasteiger partial charge in [0.05, 0.1) is 10.7 Å². The van der Waals surface area contributed by atoms with Gasteiger partial charge in [0.1, 0.15) is 0 Å². The van der Waals surface area contributed by atoms with Crippen molar-refractivity contribution in [1.29, 1.82) is 0 Å². The van der Waals surface area contributed by atoms with Crippen LogP contribution in [0.25, 0.3) is 0 Å². The van der Waals surface area contributed by atoms with E-state index in [4.69, 9.17) is 0 Å². The van der Waals surface area contributed by atoms with Gasteiger partial charge in [-0.05, 0) is 35.7 Å². The minimum absolute atomic E-state index is 0.0621. The van der Waals surface area contributed by atoms with Crippen LogP contribution >= 0.6 is 23.5 Å². The molecule has 3 rings (SSSR count). The maximum Gasteiger partial charge on any atom is 0.251 e. The van der Waals surface area contributed by atoms with Crippen LogP contribution in [0.3, 0.4) is 0 Å². The topological polar surface area (TPSA) is 49.3 Å². The highest BCUT2D eigenvalue weighted by atomic mass is 32.2. The van der Waals surface area contributed by atoms with Gasteiger partial charge in [-0.2, -0.15) is 0 Å². The van der Waals surface area contributed by atoms with E-state index in [1.54, 1.807) is 6.92 Å². The van der Waals surface area contributed by atoms with Crippen molar-refractivity contribution in [3.05, 3.63) is 70.8 Å². The number of aliphatic hydroxyl groups excluding tert-OH is 1. The SMILES string of the molecule is C[C@H](O)c1ccc(CNC(=O)c2ccc(C3SCCS3)cc2)cc1. The van der Waals surface area contributed by atoms with Gasteiger partial charge in [0.25, 0.3) is 5.91 Å². The van der Waals surface area contributed by atoms with Crippen LogP contribution in [0.5, 0.6) is 0 Å². The highest BCUT2D eigenvalue weighted by Gasteiger charge is 2.18. The van der Waals surface area contributed by atoms with E-state index in [0.717, 1.165) is 11.1 Å². The highest BCUT2D eigenvalue weighted by molar-refractivity contribution is 8.19. The lowest BCUT2D eigenvalue weighted by atomic mass is 10.1. The van der Waals surface area contributed by atoms with Crippen LogP contribution < -0.4 is 5.32 Å². The normalized spacial score (nSPS) is 16.1. The smallest absolute Gasteiger partial charge is 0.251 e. The van der Waals surface area contributed by atoms with Crippen molar-refractivity contribution in [3.8, 4) is 0 Å². The van der Waals surface area contributed by atoms with Crippen LogP contribution in [0, 0.1) is 0 Å². The van der Waals surface area contributed by atoms with Crippen LogP contribution in [0.4, 0.5) is 0 Å². The Balaban J connectivity index is 1.56. The van der Waals surface area contributed by atoms with Gasteiger partial charge < -0.3 is 10.4 Å². The largest absolute Gasteiger partial charge is 0.389 e. The number of hydrogen-bond acceptors (Lipinski definition) is 4. The summed E-state index contributed by atoms with van der Waals surface area (Å²) in [7, 11) is 0. The molecule has 2 N–H and O–H groups in total. The Labute approximate surface area is 151 Å². The summed E-state index contributed by atoms with van der Waals surface area (Å²) < 4.78 is 0.509. The molecular formula is C19H21NO2S2. The number of hydrogen-bond donors (Lipinski definition) is 2. The zero-order valence-corrected chi connectivity index (χ0v) is 15.2. The average molecular weight is 360 g/mol. The summed E-state index contributed by atoms with van der Waals surface area (Å²) in [5.41, 5.74) is 3.87. The molecule has 0 saturated carbocycles. The van der Waals surface area contributed by atoms with Gasteiger partial charge in [-0.15, -0.1) is 23.5 Å². The maximum absolute atomic E-state index is 12.3. The number of aliphatic hydroxyl groups is 1. The van der Waals surface area contributed by atoms with Crippen LogP contribution in [0.15, 0.2) is 48.5 Å². The standard InChI is InChI=1S/C19H21NO2S2/c1-13(21)15-4-2-14(3-5-15)12-20-18(22)16-6-8-17(9-7-16)19-23-10-11-24-19/h2-9,13,19,21H,10-12H2,1H3,(H,20,22)/t13-/m0/s1. The third-order valence-corrected chi connectivity index (χ3v) is 7.09. The van der Waals surface area contributed by atoms with E-state index in [0.29, 0.717) is 16.7 Å². The van der Waals surface area contributed by atoms with Crippen molar-refractivity contribution < 1.29 is 9.90 Å². The van der Waals surface area contributed by atoms with E-state index in [2.05, 4.69) is 17.4 Å². The monoisotopic (exact) mass is 359 g/mol. The fourth-order valence-corrected chi connectivity index (χ4v) is 5.40. The first-order valence-corrected chi connectivity index (χ1v) is 10.1. The van der Waals surface area contributed by atoms with Gasteiger partial charge >= 0.3 is 0 Å². The molecule has 1 fully saturated rings. The van der Waals surface area contributed by atoms with Crippen LogP contribution in [-0.4, -0.2) is 22.5 Å². The Morgan fingerprint density at radius 1 is 1.12 bits per heavy atom. The quantitative estimate of drug-likeness (QED) is 0.842. The Morgan fingerprint density at radius 3 is 2.33 bits per heavy atom. The first kappa shape index (κ1) is 17.4.